The van der Waals surface area contributed by atoms with Crippen molar-refractivity contribution in [2.45, 2.75) is 13.3 Å². The quantitative estimate of drug-likeness (QED) is 0.323. The Kier molecular flexibility index (Phi) is 5.54. The van der Waals surface area contributed by atoms with E-state index in [0.717, 1.165) is 45.7 Å². The highest BCUT2D eigenvalue weighted by molar-refractivity contribution is 5.97. The molecule has 0 atom stereocenters. The van der Waals surface area contributed by atoms with Gasteiger partial charge in [-0.3, -0.25) is 0 Å². The van der Waals surface area contributed by atoms with Crippen LogP contribution in [0.2, 0.25) is 0 Å². The molecule has 0 spiro atoms. The third kappa shape index (κ3) is 4.18. The second-order valence-corrected chi connectivity index (χ2v) is 8.18. The summed E-state index contributed by atoms with van der Waals surface area (Å²) >= 11 is 0. The monoisotopic (exact) mass is 432 g/mol. The van der Waals surface area contributed by atoms with Gasteiger partial charge in [-0.2, -0.15) is 0 Å². The van der Waals surface area contributed by atoms with Gasteiger partial charge in [-0.25, -0.2) is 4.79 Å². The number of allylic oxidation sites excluding steroid dienone is 1. The van der Waals surface area contributed by atoms with E-state index in [-0.39, 0.29) is 5.97 Å². The minimum Gasteiger partial charge on any atom is -0.465 e. The molecule has 5 rings (SSSR count). The summed E-state index contributed by atoms with van der Waals surface area (Å²) in [6.45, 7) is 2.10. The Balaban J connectivity index is 1.47. The Labute approximate surface area is 193 Å². The highest BCUT2D eigenvalue weighted by atomic mass is 16.5. The van der Waals surface area contributed by atoms with Crippen LogP contribution in [0.5, 0.6) is 5.75 Å². The second-order valence-electron chi connectivity index (χ2n) is 8.18. The summed E-state index contributed by atoms with van der Waals surface area (Å²) in [5.41, 5.74) is 8.03. The average molecular weight is 433 g/mol. The van der Waals surface area contributed by atoms with E-state index in [1.807, 2.05) is 30.3 Å². The van der Waals surface area contributed by atoms with Gasteiger partial charge in [0.15, 0.2) is 0 Å². The van der Waals surface area contributed by atoms with E-state index >= 15 is 0 Å². The van der Waals surface area contributed by atoms with Crippen LogP contribution in [0.3, 0.4) is 0 Å². The van der Waals surface area contributed by atoms with Gasteiger partial charge in [-0.1, -0.05) is 78.4 Å². The highest BCUT2D eigenvalue weighted by Crippen LogP contribution is 2.36. The fourth-order valence-corrected chi connectivity index (χ4v) is 4.22. The highest BCUT2D eigenvalue weighted by Gasteiger charge is 2.18. The van der Waals surface area contributed by atoms with Crippen LogP contribution in [0.1, 0.15) is 27.0 Å². The summed E-state index contributed by atoms with van der Waals surface area (Å²) in [6, 6.07) is 30.5. The van der Waals surface area contributed by atoms with Gasteiger partial charge in [0.05, 0.1) is 12.7 Å². The SMILES string of the molecule is COC(=O)c1ccccc1-c1ccc2c(c1)OC(c1cccc(-c3cccc(C)c3)c1)=CC2. The fraction of sp³-hybridized carbons (Fsp3) is 0.100. The van der Waals surface area contributed by atoms with Crippen LogP contribution >= 0.6 is 0 Å². The Bertz CT molecular complexity index is 1380. The number of methoxy groups -OCH3 is 1. The lowest BCUT2D eigenvalue weighted by Crippen LogP contribution is -2.06. The van der Waals surface area contributed by atoms with Crippen molar-refractivity contribution < 1.29 is 14.3 Å². The van der Waals surface area contributed by atoms with Crippen molar-refractivity contribution in [3.05, 3.63) is 119 Å². The van der Waals surface area contributed by atoms with E-state index < -0.39 is 0 Å². The molecule has 0 aliphatic carbocycles. The molecule has 1 heterocycles. The third-order valence-corrected chi connectivity index (χ3v) is 5.94. The first-order chi connectivity index (χ1) is 16.1. The lowest BCUT2D eigenvalue weighted by atomic mass is 9.96. The van der Waals surface area contributed by atoms with Gasteiger partial charge in [0, 0.05) is 5.56 Å². The van der Waals surface area contributed by atoms with E-state index in [4.69, 9.17) is 9.47 Å². The lowest BCUT2D eigenvalue weighted by Gasteiger charge is -2.20. The van der Waals surface area contributed by atoms with Crippen molar-refractivity contribution in [1.29, 1.82) is 0 Å². The molecule has 0 fully saturated rings. The maximum atomic E-state index is 12.2. The van der Waals surface area contributed by atoms with Crippen LogP contribution in [-0.2, 0) is 11.2 Å². The molecule has 0 N–H and O–H groups in total. The number of rotatable bonds is 4. The molecule has 33 heavy (non-hydrogen) atoms. The molecule has 0 saturated carbocycles. The molecule has 4 aromatic rings. The van der Waals surface area contributed by atoms with Gasteiger partial charge in [0.25, 0.3) is 0 Å². The van der Waals surface area contributed by atoms with Crippen molar-refractivity contribution in [1.82, 2.24) is 0 Å². The first-order valence-electron chi connectivity index (χ1n) is 11.0. The zero-order valence-electron chi connectivity index (χ0n) is 18.7. The number of hydrogen-bond acceptors (Lipinski definition) is 3. The Morgan fingerprint density at radius 1 is 0.788 bits per heavy atom. The molecule has 0 saturated heterocycles. The van der Waals surface area contributed by atoms with Gasteiger partial charge < -0.3 is 9.47 Å². The predicted octanol–water partition coefficient (Wildman–Crippen LogP) is 7.09. The van der Waals surface area contributed by atoms with E-state index in [1.165, 1.54) is 18.2 Å². The van der Waals surface area contributed by atoms with Crippen molar-refractivity contribution in [2.75, 3.05) is 7.11 Å². The minimum atomic E-state index is -0.349. The summed E-state index contributed by atoms with van der Waals surface area (Å²) in [4.78, 5) is 12.2. The van der Waals surface area contributed by atoms with Crippen molar-refractivity contribution >= 4 is 11.7 Å². The molecular formula is C30H24O3. The van der Waals surface area contributed by atoms with Crippen LogP contribution in [0.15, 0.2) is 97.1 Å². The molecule has 3 nitrogen and oxygen atoms in total. The summed E-state index contributed by atoms with van der Waals surface area (Å²) in [7, 11) is 1.40. The standard InChI is InChI=1S/C30H24O3/c1-20-7-5-8-22(17-20)23-9-6-10-25(18-23)28-16-15-21-13-14-24(19-29(21)33-28)26-11-3-4-12-27(26)30(31)32-2/h3-14,16-19H,15H2,1-2H3. The average Bonchev–Trinajstić information content (AvgIpc) is 2.87. The second kappa shape index (κ2) is 8.79. The molecule has 0 amide bonds. The maximum absolute atomic E-state index is 12.2. The van der Waals surface area contributed by atoms with Gasteiger partial charge in [-0.15, -0.1) is 0 Å². The molecule has 1 aliphatic rings. The number of carbonyl (C=O) groups is 1. The zero-order valence-corrected chi connectivity index (χ0v) is 18.7. The number of benzene rings is 4. The van der Waals surface area contributed by atoms with Crippen molar-refractivity contribution in [3.8, 4) is 28.0 Å². The molecule has 0 radical (unpaired) electrons. The van der Waals surface area contributed by atoms with Crippen LogP contribution in [-0.4, -0.2) is 13.1 Å². The Hall–Kier alpha value is -4.11. The van der Waals surface area contributed by atoms with Crippen LogP contribution in [0.4, 0.5) is 0 Å². The maximum Gasteiger partial charge on any atom is 0.338 e. The van der Waals surface area contributed by atoms with Crippen LogP contribution < -0.4 is 4.74 Å². The molecule has 1 aliphatic heterocycles. The summed E-state index contributed by atoms with van der Waals surface area (Å²) in [5, 5.41) is 0. The summed E-state index contributed by atoms with van der Waals surface area (Å²) < 4.78 is 11.3. The van der Waals surface area contributed by atoms with Gasteiger partial charge in [0.2, 0.25) is 0 Å². The summed E-state index contributed by atoms with van der Waals surface area (Å²) in [5.74, 6) is 1.30. The van der Waals surface area contributed by atoms with Crippen LogP contribution in [0, 0.1) is 6.92 Å². The first-order valence-corrected chi connectivity index (χ1v) is 11.0. The third-order valence-electron chi connectivity index (χ3n) is 5.94. The van der Waals surface area contributed by atoms with E-state index in [2.05, 4.69) is 67.6 Å². The molecule has 4 aromatic carbocycles. The lowest BCUT2D eigenvalue weighted by molar-refractivity contribution is 0.0601. The molecular weight excluding hydrogens is 408 g/mol. The van der Waals surface area contributed by atoms with Gasteiger partial charge in [0.1, 0.15) is 11.5 Å². The van der Waals surface area contributed by atoms with Crippen LogP contribution in [0.25, 0.3) is 28.0 Å². The first kappa shape index (κ1) is 20.8. The summed E-state index contributed by atoms with van der Waals surface area (Å²) in [6.07, 6.45) is 2.91. The van der Waals surface area contributed by atoms with E-state index in [1.54, 1.807) is 6.07 Å². The minimum absolute atomic E-state index is 0.349. The van der Waals surface area contributed by atoms with E-state index in [9.17, 15) is 4.79 Å². The smallest absolute Gasteiger partial charge is 0.338 e. The molecule has 0 bridgehead atoms. The Morgan fingerprint density at radius 2 is 1.55 bits per heavy atom. The number of carbonyl (C=O) groups excluding carboxylic acids is 1. The number of aryl methyl sites for hydroxylation is 1. The fourth-order valence-electron chi connectivity index (χ4n) is 4.22. The van der Waals surface area contributed by atoms with Crippen molar-refractivity contribution in [2.24, 2.45) is 0 Å². The van der Waals surface area contributed by atoms with Gasteiger partial charge in [-0.05, 0) is 65.4 Å². The molecule has 3 heteroatoms. The number of ether oxygens (including phenoxy) is 2. The topological polar surface area (TPSA) is 35.5 Å². The molecule has 0 aromatic heterocycles. The van der Waals surface area contributed by atoms with Crippen molar-refractivity contribution in [3.63, 3.8) is 0 Å². The number of fused-ring (bicyclic) bond motifs is 1. The zero-order chi connectivity index (χ0) is 22.8. The van der Waals surface area contributed by atoms with E-state index in [0.29, 0.717) is 5.56 Å². The normalized spacial score (nSPS) is 12.4. The number of hydrogen-bond donors (Lipinski definition) is 0. The molecule has 162 valence electrons. The predicted molar refractivity (Wildman–Crippen MR) is 132 cm³/mol. The number of esters is 1. The Morgan fingerprint density at radius 3 is 2.36 bits per heavy atom. The van der Waals surface area contributed by atoms with Gasteiger partial charge >= 0.3 is 5.97 Å². The largest absolute Gasteiger partial charge is 0.465 e. The molecule has 0 unspecified atom stereocenters.